The molecule has 8 nitrogen and oxygen atoms in total. The average molecular weight is 432 g/mol. The number of pyridine rings is 1. The van der Waals surface area contributed by atoms with Gasteiger partial charge in [0, 0.05) is 43.8 Å². The van der Waals surface area contributed by atoms with Crippen molar-refractivity contribution in [1.82, 2.24) is 24.4 Å². The van der Waals surface area contributed by atoms with Crippen LogP contribution in [0.25, 0.3) is 5.82 Å². The predicted octanol–water partition coefficient (Wildman–Crippen LogP) is 2.43. The van der Waals surface area contributed by atoms with E-state index in [0.29, 0.717) is 18.9 Å². The third-order valence-corrected chi connectivity index (χ3v) is 7.78. The number of sulfonamides is 1. The summed E-state index contributed by atoms with van der Waals surface area (Å²) in [6.45, 7) is 1.22. The minimum atomic E-state index is -3.66. The molecule has 4 heterocycles. The fourth-order valence-electron chi connectivity index (χ4n) is 3.33. The molecule has 3 aromatic heterocycles. The fraction of sp³-hybridized carbons (Fsp3) is 0.316. The number of carbonyl (C=O) groups excluding carboxylic acids is 1. The molecular weight excluding hydrogens is 410 g/mol. The normalized spacial score (nSPS) is 15.3. The van der Waals surface area contributed by atoms with E-state index in [4.69, 9.17) is 0 Å². The summed E-state index contributed by atoms with van der Waals surface area (Å²) in [6, 6.07) is 6.94. The predicted molar refractivity (Wildman–Crippen MR) is 109 cm³/mol. The molecule has 0 aliphatic carbocycles. The molecule has 0 bridgehead atoms. The molecule has 0 radical (unpaired) electrons. The van der Waals surface area contributed by atoms with Crippen LogP contribution in [0, 0.1) is 0 Å². The molecular formula is C19H21N5O3S2. The molecule has 1 fully saturated rings. The highest BCUT2D eigenvalue weighted by atomic mass is 32.2. The van der Waals surface area contributed by atoms with Gasteiger partial charge in [0.1, 0.15) is 9.77 Å². The van der Waals surface area contributed by atoms with Crippen LogP contribution < -0.4 is 5.32 Å². The molecule has 0 aromatic carbocycles. The van der Waals surface area contributed by atoms with E-state index >= 15 is 0 Å². The molecule has 1 aliphatic rings. The van der Waals surface area contributed by atoms with Crippen LogP contribution in [0.2, 0.25) is 0 Å². The number of hydrogen-bond donors (Lipinski definition) is 1. The number of nitrogens with zero attached hydrogens (tertiary/aromatic N) is 4. The topological polar surface area (TPSA) is 97.2 Å². The first-order chi connectivity index (χ1) is 14.1. The SMILES string of the molecule is O=C(NCc1cccnc1-n1cccn1)c1sccc1S(=O)(=O)N1CCCCC1. The molecule has 0 spiro atoms. The summed E-state index contributed by atoms with van der Waals surface area (Å²) in [4.78, 5) is 17.4. The van der Waals surface area contributed by atoms with E-state index in [1.54, 1.807) is 40.8 Å². The number of amides is 1. The van der Waals surface area contributed by atoms with Gasteiger partial charge in [0.15, 0.2) is 5.82 Å². The van der Waals surface area contributed by atoms with E-state index in [9.17, 15) is 13.2 Å². The van der Waals surface area contributed by atoms with Gasteiger partial charge in [-0.25, -0.2) is 18.1 Å². The van der Waals surface area contributed by atoms with Crippen LogP contribution in [0.4, 0.5) is 0 Å². The van der Waals surface area contributed by atoms with E-state index in [1.165, 1.54) is 10.4 Å². The molecule has 1 saturated heterocycles. The maximum Gasteiger partial charge on any atom is 0.263 e. The van der Waals surface area contributed by atoms with E-state index in [-0.39, 0.29) is 16.3 Å². The zero-order valence-electron chi connectivity index (χ0n) is 15.7. The Balaban J connectivity index is 1.52. The molecule has 0 unspecified atom stereocenters. The van der Waals surface area contributed by atoms with E-state index in [0.717, 1.165) is 36.2 Å². The summed E-state index contributed by atoms with van der Waals surface area (Å²) < 4.78 is 29.1. The molecule has 0 saturated carbocycles. The summed E-state index contributed by atoms with van der Waals surface area (Å²) >= 11 is 1.13. The Kier molecular flexibility index (Phi) is 5.74. The number of piperidine rings is 1. The van der Waals surface area contributed by atoms with E-state index in [1.807, 2.05) is 6.07 Å². The van der Waals surface area contributed by atoms with Crippen molar-refractivity contribution in [2.75, 3.05) is 13.1 Å². The maximum atomic E-state index is 13.0. The summed E-state index contributed by atoms with van der Waals surface area (Å²) in [5.41, 5.74) is 0.779. The molecule has 1 aliphatic heterocycles. The highest BCUT2D eigenvalue weighted by Crippen LogP contribution is 2.27. The van der Waals surface area contributed by atoms with Gasteiger partial charge in [-0.2, -0.15) is 9.40 Å². The monoisotopic (exact) mass is 431 g/mol. The first-order valence-electron chi connectivity index (χ1n) is 9.37. The first-order valence-corrected chi connectivity index (χ1v) is 11.7. The minimum Gasteiger partial charge on any atom is -0.347 e. The quantitative estimate of drug-likeness (QED) is 0.647. The van der Waals surface area contributed by atoms with E-state index < -0.39 is 15.9 Å². The number of aromatic nitrogens is 3. The molecule has 29 heavy (non-hydrogen) atoms. The van der Waals surface area contributed by atoms with Gasteiger partial charge in [-0.3, -0.25) is 4.79 Å². The lowest BCUT2D eigenvalue weighted by atomic mass is 10.2. The van der Waals surface area contributed by atoms with Gasteiger partial charge in [-0.05, 0) is 36.4 Å². The number of nitrogens with one attached hydrogen (secondary N) is 1. The van der Waals surface area contributed by atoms with Crippen molar-refractivity contribution >= 4 is 27.3 Å². The highest BCUT2D eigenvalue weighted by molar-refractivity contribution is 7.89. The van der Waals surface area contributed by atoms with Crippen molar-refractivity contribution in [2.24, 2.45) is 0 Å². The van der Waals surface area contributed by atoms with E-state index in [2.05, 4.69) is 15.4 Å². The Morgan fingerprint density at radius 1 is 1.14 bits per heavy atom. The standard InChI is InChI=1S/C19H21N5O3S2/c25-19(21-14-15-6-4-8-20-18(15)24-12-5-9-22-24)17-16(7-13-28-17)29(26,27)23-10-2-1-3-11-23/h4-9,12-13H,1-3,10-11,14H2,(H,21,25). The van der Waals surface area contributed by atoms with Gasteiger partial charge in [-0.1, -0.05) is 12.5 Å². The second-order valence-corrected chi connectivity index (χ2v) is 9.52. The van der Waals surface area contributed by atoms with Crippen molar-refractivity contribution in [3.05, 3.63) is 58.7 Å². The Morgan fingerprint density at radius 3 is 2.72 bits per heavy atom. The fourth-order valence-corrected chi connectivity index (χ4v) is 6.17. The van der Waals surface area contributed by atoms with Crippen LogP contribution in [-0.2, 0) is 16.6 Å². The maximum absolute atomic E-state index is 13.0. The van der Waals surface area contributed by atoms with Crippen LogP contribution in [0.1, 0.15) is 34.5 Å². The van der Waals surface area contributed by atoms with Crippen molar-refractivity contribution in [3.63, 3.8) is 0 Å². The molecule has 4 rings (SSSR count). The molecule has 3 aromatic rings. The molecule has 152 valence electrons. The van der Waals surface area contributed by atoms with Crippen LogP contribution in [0.5, 0.6) is 0 Å². The summed E-state index contributed by atoms with van der Waals surface area (Å²) in [5, 5.41) is 8.65. The number of thiophene rings is 1. The molecule has 0 atom stereocenters. The lowest BCUT2D eigenvalue weighted by Crippen LogP contribution is -2.36. The van der Waals surface area contributed by atoms with Gasteiger partial charge < -0.3 is 5.32 Å². The van der Waals surface area contributed by atoms with Gasteiger partial charge in [0.2, 0.25) is 10.0 Å². The molecule has 1 N–H and O–H groups in total. The second kappa shape index (κ2) is 8.44. The zero-order chi connectivity index (χ0) is 20.3. The third-order valence-electron chi connectivity index (χ3n) is 4.80. The Hall–Kier alpha value is -2.56. The van der Waals surface area contributed by atoms with Crippen LogP contribution in [0.3, 0.4) is 0 Å². The Morgan fingerprint density at radius 2 is 1.97 bits per heavy atom. The zero-order valence-corrected chi connectivity index (χ0v) is 17.3. The minimum absolute atomic E-state index is 0.0837. The van der Waals surface area contributed by atoms with Gasteiger partial charge in [0.05, 0.1) is 0 Å². The lowest BCUT2D eigenvalue weighted by Gasteiger charge is -2.25. The Bertz CT molecular complexity index is 1090. The van der Waals surface area contributed by atoms with Gasteiger partial charge in [-0.15, -0.1) is 11.3 Å². The second-order valence-electron chi connectivity index (χ2n) is 6.70. The van der Waals surface area contributed by atoms with Gasteiger partial charge in [0.25, 0.3) is 5.91 Å². The lowest BCUT2D eigenvalue weighted by molar-refractivity contribution is 0.0951. The van der Waals surface area contributed by atoms with Crippen molar-refractivity contribution < 1.29 is 13.2 Å². The van der Waals surface area contributed by atoms with Crippen LogP contribution >= 0.6 is 11.3 Å². The number of rotatable bonds is 6. The molecule has 10 heteroatoms. The van der Waals surface area contributed by atoms with Gasteiger partial charge >= 0.3 is 0 Å². The first kappa shape index (κ1) is 19.7. The summed E-state index contributed by atoms with van der Waals surface area (Å²) in [6.07, 6.45) is 7.82. The highest BCUT2D eigenvalue weighted by Gasteiger charge is 2.31. The smallest absolute Gasteiger partial charge is 0.263 e. The largest absolute Gasteiger partial charge is 0.347 e. The number of hydrogen-bond acceptors (Lipinski definition) is 6. The van der Waals surface area contributed by atoms with Crippen molar-refractivity contribution in [2.45, 2.75) is 30.7 Å². The Labute approximate surface area is 173 Å². The van der Waals surface area contributed by atoms with Crippen LogP contribution in [-0.4, -0.2) is 46.5 Å². The number of carbonyl (C=O) groups is 1. The summed E-state index contributed by atoms with van der Waals surface area (Å²) in [5.74, 6) is 0.205. The third kappa shape index (κ3) is 4.09. The average Bonchev–Trinajstić information content (AvgIpc) is 3.45. The van der Waals surface area contributed by atoms with Crippen molar-refractivity contribution in [3.8, 4) is 5.82 Å². The summed E-state index contributed by atoms with van der Waals surface area (Å²) in [7, 11) is -3.66. The van der Waals surface area contributed by atoms with Crippen LogP contribution in [0.15, 0.2) is 53.1 Å². The molecule has 1 amide bonds. The van der Waals surface area contributed by atoms with Crippen molar-refractivity contribution in [1.29, 1.82) is 0 Å².